The van der Waals surface area contributed by atoms with Gasteiger partial charge in [-0.1, -0.05) is 0 Å². The van der Waals surface area contributed by atoms with Crippen LogP contribution in [0, 0.1) is 0 Å². The largest absolute Gasteiger partial charge is 0.379 e. The highest BCUT2D eigenvalue weighted by Gasteiger charge is 2.24. The zero-order valence-electron chi connectivity index (χ0n) is 11.6. The minimum absolute atomic E-state index is 0.0533. The fraction of sp³-hybridized carbons (Fsp3) is 0.615. The molecule has 0 radical (unpaired) electrons. The van der Waals surface area contributed by atoms with Crippen molar-refractivity contribution in [3.8, 4) is 0 Å². The third-order valence-corrected chi connectivity index (χ3v) is 2.95. The van der Waals surface area contributed by atoms with E-state index in [9.17, 15) is 4.79 Å². The molecule has 1 fully saturated rings. The Morgan fingerprint density at radius 2 is 2.35 bits per heavy atom. The Morgan fingerprint density at radius 1 is 1.55 bits per heavy atom. The fourth-order valence-electron chi connectivity index (χ4n) is 1.94. The molecule has 1 aromatic heterocycles. The van der Waals surface area contributed by atoms with Gasteiger partial charge in [-0.3, -0.25) is 0 Å². The van der Waals surface area contributed by atoms with Crippen LogP contribution in [-0.2, 0) is 16.0 Å². The Morgan fingerprint density at radius 3 is 3.10 bits per heavy atom. The van der Waals surface area contributed by atoms with E-state index in [4.69, 9.17) is 9.47 Å². The van der Waals surface area contributed by atoms with Crippen LogP contribution < -0.4 is 5.32 Å². The SMILES string of the molecule is CCOCC1CN(C(=O)NCc2ncccn2)CCO1. The molecule has 2 amide bonds. The number of nitrogens with zero attached hydrogens (tertiary/aromatic N) is 3. The third-order valence-electron chi connectivity index (χ3n) is 2.95. The van der Waals surface area contributed by atoms with Gasteiger partial charge in [-0.15, -0.1) is 0 Å². The minimum Gasteiger partial charge on any atom is -0.379 e. The summed E-state index contributed by atoms with van der Waals surface area (Å²) in [7, 11) is 0. The molecule has 0 saturated carbocycles. The molecule has 110 valence electrons. The van der Waals surface area contributed by atoms with Crippen molar-refractivity contribution in [2.45, 2.75) is 19.6 Å². The summed E-state index contributed by atoms with van der Waals surface area (Å²) in [5.74, 6) is 0.597. The standard InChI is InChI=1S/C13H20N4O3/c1-2-19-10-11-9-17(6-7-20-11)13(18)16-8-12-14-4-3-5-15-12/h3-5,11H,2,6-10H2,1H3,(H,16,18). The molecule has 0 aliphatic carbocycles. The van der Waals surface area contributed by atoms with E-state index in [1.165, 1.54) is 0 Å². The van der Waals surface area contributed by atoms with Crippen molar-refractivity contribution in [3.63, 3.8) is 0 Å². The molecule has 0 bridgehead atoms. The number of aromatic nitrogens is 2. The van der Waals surface area contributed by atoms with Gasteiger partial charge >= 0.3 is 6.03 Å². The van der Waals surface area contributed by atoms with Gasteiger partial charge in [0.2, 0.25) is 0 Å². The molecule has 2 rings (SSSR count). The Balaban J connectivity index is 1.77. The number of amides is 2. The lowest BCUT2D eigenvalue weighted by Crippen LogP contribution is -2.50. The van der Waals surface area contributed by atoms with Gasteiger partial charge in [0.15, 0.2) is 0 Å². The van der Waals surface area contributed by atoms with Gasteiger partial charge < -0.3 is 19.7 Å². The maximum absolute atomic E-state index is 12.1. The van der Waals surface area contributed by atoms with Gasteiger partial charge in [0.1, 0.15) is 5.82 Å². The second-order valence-electron chi connectivity index (χ2n) is 4.42. The minimum atomic E-state index is -0.123. The van der Waals surface area contributed by atoms with Gasteiger partial charge in [-0.2, -0.15) is 0 Å². The van der Waals surface area contributed by atoms with Crippen LogP contribution in [0.2, 0.25) is 0 Å². The molecule has 2 heterocycles. The number of rotatable bonds is 5. The first kappa shape index (κ1) is 14.7. The first-order chi connectivity index (χ1) is 9.79. The van der Waals surface area contributed by atoms with Gasteiger partial charge in [0, 0.05) is 25.5 Å². The predicted octanol–water partition coefficient (Wildman–Crippen LogP) is 0.423. The van der Waals surface area contributed by atoms with Crippen LogP contribution in [0.4, 0.5) is 4.79 Å². The van der Waals surface area contributed by atoms with E-state index >= 15 is 0 Å². The molecule has 7 heteroatoms. The Hall–Kier alpha value is -1.73. The van der Waals surface area contributed by atoms with Crippen molar-refractivity contribution in [2.75, 3.05) is 32.9 Å². The van der Waals surface area contributed by atoms with Crippen molar-refractivity contribution in [1.82, 2.24) is 20.2 Å². The molecular weight excluding hydrogens is 260 g/mol. The lowest BCUT2D eigenvalue weighted by Gasteiger charge is -2.32. The maximum Gasteiger partial charge on any atom is 0.317 e. The van der Waals surface area contributed by atoms with Crippen molar-refractivity contribution in [2.24, 2.45) is 0 Å². The molecule has 0 aromatic carbocycles. The molecule has 1 N–H and O–H groups in total. The quantitative estimate of drug-likeness (QED) is 0.846. The Kier molecular flexibility index (Phi) is 5.69. The van der Waals surface area contributed by atoms with E-state index in [2.05, 4.69) is 15.3 Å². The van der Waals surface area contributed by atoms with E-state index in [0.29, 0.717) is 45.3 Å². The number of ether oxygens (including phenoxy) is 2. The van der Waals surface area contributed by atoms with Crippen molar-refractivity contribution >= 4 is 6.03 Å². The monoisotopic (exact) mass is 280 g/mol. The molecule has 1 aliphatic heterocycles. The van der Waals surface area contributed by atoms with Crippen LogP contribution in [0.3, 0.4) is 0 Å². The van der Waals surface area contributed by atoms with Crippen LogP contribution >= 0.6 is 0 Å². The number of carbonyl (C=O) groups excluding carboxylic acids is 1. The van der Waals surface area contributed by atoms with E-state index in [1.54, 1.807) is 23.4 Å². The second kappa shape index (κ2) is 7.76. The molecular formula is C13H20N4O3. The third kappa shape index (κ3) is 4.43. The zero-order valence-corrected chi connectivity index (χ0v) is 11.6. The van der Waals surface area contributed by atoms with Crippen molar-refractivity contribution < 1.29 is 14.3 Å². The first-order valence-corrected chi connectivity index (χ1v) is 6.77. The van der Waals surface area contributed by atoms with E-state index in [-0.39, 0.29) is 12.1 Å². The van der Waals surface area contributed by atoms with Crippen LogP contribution in [-0.4, -0.2) is 59.9 Å². The van der Waals surface area contributed by atoms with Crippen LogP contribution in [0.25, 0.3) is 0 Å². The molecule has 7 nitrogen and oxygen atoms in total. The number of hydrogen-bond acceptors (Lipinski definition) is 5. The van der Waals surface area contributed by atoms with E-state index in [0.717, 1.165) is 0 Å². The van der Waals surface area contributed by atoms with Crippen LogP contribution in [0.1, 0.15) is 12.7 Å². The molecule has 1 saturated heterocycles. The second-order valence-corrected chi connectivity index (χ2v) is 4.42. The number of carbonyl (C=O) groups is 1. The van der Waals surface area contributed by atoms with Gasteiger partial charge in [-0.25, -0.2) is 14.8 Å². The highest BCUT2D eigenvalue weighted by Crippen LogP contribution is 2.06. The number of nitrogens with one attached hydrogen (secondary N) is 1. The maximum atomic E-state index is 12.1. The first-order valence-electron chi connectivity index (χ1n) is 6.77. The Bertz CT molecular complexity index is 415. The molecule has 1 aromatic rings. The van der Waals surface area contributed by atoms with E-state index in [1.807, 2.05) is 6.92 Å². The van der Waals surface area contributed by atoms with Crippen LogP contribution in [0.5, 0.6) is 0 Å². The average molecular weight is 280 g/mol. The summed E-state index contributed by atoms with van der Waals surface area (Å²) in [4.78, 5) is 21.9. The molecule has 20 heavy (non-hydrogen) atoms. The molecule has 1 atom stereocenters. The molecule has 0 spiro atoms. The van der Waals surface area contributed by atoms with E-state index < -0.39 is 0 Å². The smallest absolute Gasteiger partial charge is 0.317 e. The van der Waals surface area contributed by atoms with Crippen LogP contribution in [0.15, 0.2) is 18.5 Å². The predicted molar refractivity (Wildman–Crippen MR) is 72.1 cm³/mol. The normalized spacial score (nSPS) is 18.9. The summed E-state index contributed by atoms with van der Waals surface area (Å²) in [5, 5.41) is 2.81. The van der Waals surface area contributed by atoms with Crippen molar-refractivity contribution in [3.05, 3.63) is 24.3 Å². The lowest BCUT2D eigenvalue weighted by molar-refractivity contribution is -0.0566. The highest BCUT2D eigenvalue weighted by atomic mass is 16.5. The van der Waals surface area contributed by atoms with Gasteiger partial charge in [0.05, 0.1) is 32.4 Å². The number of urea groups is 1. The highest BCUT2D eigenvalue weighted by molar-refractivity contribution is 5.74. The average Bonchev–Trinajstić information content (AvgIpc) is 2.52. The summed E-state index contributed by atoms with van der Waals surface area (Å²) in [6.07, 6.45) is 3.25. The summed E-state index contributed by atoms with van der Waals surface area (Å²) < 4.78 is 10.9. The summed E-state index contributed by atoms with van der Waals surface area (Å²) >= 11 is 0. The Labute approximate surface area is 118 Å². The van der Waals surface area contributed by atoms with Gasteiger partial charge in [-0.05, 0) is 13.0 Å². The fourth-order valence-corrected chi connectivity index (χ4v) is 1.94. The number of hydrogen-bond donors (Lipinski definition) is 1. The topological polar surface area (TPSA) is 76.6 Å². The lowest BCUT2D eigenvalue weighted by atomic mass is 10.3. The number of morpholine rings is 1. The zero-order chi connectivity index (χ0) is 14.2. The van der Waals surface area contributed by atoms with Crippen molar-refractivity contribution in [1.29, 1.82) is 0 Å². The summed E-state index contributed by atoms with van der Waals surface area (Å²) in [5.41, 5.74) is 0. The molecule has 1 unspecified atom stereocenters. The summed E-state index contributed by atoms with van der Waals surface area (Å²) in [6.45, 7) is 5.10. The summed E-state index contributed by atoms with van der Waals surface area (Å²) in [6, 6.07) is 1.62. The molecule has 1 aliphatic rings. The van der Waals surface area contributed by atoms with Gasteiger partial charge in [0.25, 0.3) is 0 Å².